The second-order valence-electron chi connectivity index (χ2n) is 8.88. The fourth-order valence-corrected chi connectivity index (χ4v) is 4.59. The fourth-order valence-electron chi connectivity index (χ4n) is 4.39. The normalized spacial score (nSPS) is 14.5. The number of nitrogens with one attached hydrogen (secondary N) is 2. The highest BCUT2D eigenvalue weighted by Crippen LogP contribution is 2.22. The summed E-state index contributed by atoms with van der Waals surface area (Å²) in [4.78, 5) is 30.8. The number of pyridine rings is 1. The molecule has 0 unspecified atom stereocenters. The van der Waals surface area contributed by atoms with Crippen LogP contribution in [0.5, 0.6) is 0 Å². The molecular formula is C26H30ClN3O2. The molecule has 1 aliphatic carbocycles. The van der Waals surface area contributed by atoms with E-state index in [0.29, 0.717) is 17.1 Å². The molecule has 1 aliphatic rings. The van der Waals surface area contributed by atoms with Gasteiger partial charge in [-0.15, -0.1) is 0 Å². The van der Waals surface area contributed by atoms with Gasteiger partial charge in [-0.25, -0.2) is 4.79 Å². The first-order valence-electron chi connectivity index (χ1n) is 11.3. The lowest BCUT2D eigenvalue weighted by Gasteiger charge is -2.28. The van der Waals surface area contributed by atoms with E-state index in [4.69, 9.17) is 11.6 Å². The number of urea groups is 1. The maximum Gasteiger partial charge on any atom is 0.318 e. The van der Waals surface area contributed by atoms with Crippen LogP contribution in [0.1, 0.15) is 54.4 Å². The highest BCUT2D eigenvalue weighted by Gasteiger charge is 2.22. The molecule has 168 valence electrons. The molecule has 2 amide bonds. The molecule has 32 heavy (non-hydrogen) atoms. The Labute approximate surface area is 193 Å². The van der Waals surface area contributed by atoms with Crippen molar-refractivity contribution in [2.45, 2.75) is 65.1 Å². The van der Waals surface area contributed by atoms with Gasteiger partial charge in [-0.05, 0) is 73.0 Å². The van der Waals surface area contributed by atoms with Gasteiger partial charge in [-0.2, -0.15) is 0 Å². The van der Waals surface area contributed by atoms with Gasteiger partial charge < -0.3 is 15.2 Å². The summed E-state index contributed by atoms with van der Waals surface area (Å²) in [5, 5.41) is 4.76. The zero-order valence-corrected chi connectivity index (χ0v) is 19.5. The van der Waals surface area contributed by atoms with E-state index in [2.05, 4.69) is 23.3 Å². The van der Waals surface area contributed by atoms with Crippen LogP contribution in [0.25, 0.3) is 10.9 Å². The minimum atomic E-state index is -0.171. The van der Waals surface area contributed by atoms with Crippen LogP contribution in [0.3, 0.4) is 0 Å². The number of hydrogen-bond donors (Lipinski definition) is 2. The van der Waals surface area contributed by atoms with Crippen LogP contribution >= 0.6 is 11.6 Å². The van der Waals surface area contributed by atoms with E-state index in [9.17, 15) is 9.59 Å². The Hall–Kier alpha value is -2.79. The Balaban J connectivity index is 1.63. The number of aromatic amines is 1. The Kier molecular flexibility index (Phi) is 6.85. The predicted molar refractivity (Wildman–Crippen MR) is 130 cm³/mol. The molecule has 0 bridgehead atoms. The molecule has 2 N–H and O–H groups in total. The summed E-state index contributed by atoms with van der Waals surface area (Å²) in [6, 6.07) is 13.5. The van der Waals surface area contributed by atoms with Crippen molar-refractivity contribution in [1.82, 2.24) is 15.2 Å². The van der Waals surface area contributed by atoms with Crippen LogP contribution in [0.15, 0.2) is 47.3 Å². The number of nitrogens with zero attached hydrogens (tertiary/aromatic N) is 1. The van der Waals surface area contributed by atoms with E-state index < -0.39 is 0 Å². The molecular weight excluding hydrogens is 422 g/mol. The van der Waals surface area contributed by atoms with Crippen molar-refractivity contribution in [2.24, 2.45) is 0 Å². The molecule has 0 aliphatic heterocycles. The molecule has 5 nitrogen and oxygen atoms in total. The second kappa shape index (κ2) is 9.78. The minimum Gasteiger partial charge on any atom is -0.335 e. The zero-order chi connectivity index (χ0) is 22.7. The number of H-pyrrole nitrogens is 1. The standard InChI is InChI=1S/C26H30ClN3O2/c1-17-12-20-14-21(25(31)29-24(20)13-18(17)2)16-30(15-19-8-6-7-11-23(19)27)26(32)28-22-9-4-3-5-10-22/h6-8,11-14,22H,3-5,9-10,15-16H2,1-2H3,(H,28,32)(H,29,31). The van der Waals surface area contributed by atoms with Crippen molar-refractivity contribution in [3.05, 3.63) is 80.1 Å². The van der Waals surface area contributed by atoms with Gasteiger partial charge >= 0.3 is 6.03 Å². The van der Waals surface area contributed by atoms with Gasteiger partial charge in [0.1, 0.15) is 0 Å². The predicted octanol–water partition coefficient (Wildman–Crippen LogP) is 5.84. The second-order valence-corrected chi connectivity index (χ2v) is 9.29. The molecule has 6 heteroatoms. The van der Waals surface area contributed by atoms with Crippen LogP contribution in [0.4, 0.5) is 4.79 Å². The van der Waals surface area contributed by atoms with Crippen molar-refractivity contribution in [3.63, 3.8) is 0 Å². The lowest BCUT2D eigenvalue weighted by Crippen LogP contribution is -2.45. The van der Waals surface area contributed by atoms with Gasteiger partial charge in [0.25, 0.3) is 5.56 Å². The average Bonchev–Trinajstić information content (AvgIpc) is 2.77. The van der Waals surface area contributed by atoms with Crippen molar-refractivity contribution in [3.8, 4) is 0 Å². The van der Waals surface area contributed by atoms with Crippen molar-refractivity contribution >= 4 is 28.5 Å². The molecule has 1 aromatic heterocycles. The Bertz CT molecular complexity index is 1180. The molecule has 0 radical (unpaired) electrons. The third-order valence-electron chi connectivity index (χ3n) is 6.44. The number of carbonyl (C=O) groups is 1. The zero-order valence-electron chi connectivity index (χ0n) is 18.7. The third-order valence-corrected chi connectivity index (χ3v) is 6.80. The summed E-state index contributed by atoms with van der Waals surface area (Å²) in [7, 11) is 0. The van der Waals surface area contributed by atoms with E-state index in [0.717, 1.165) is 47.7 Å². The number of amides is 2. The maximum absolute atomic E-state index is 13.3. The molecule has 0 spiro atoms. The Morgan fingerprint density at radius 2 is 1.72 bits per heavy atom. The number of rotatable bonds is 5. The van der Waals surface area contributed by atoms with Crippen LogP contribution in [-0.4, -0.2) is 22.0 Å². The van der Waals surface area contributed by atoms with Gasteiger partial charge in [0.05, 0.1) is 6.54 Å². The number of aryl methyl sites for hydroxylation is 2. The maximum atomic E-state index is 13.3. The van der Waals surface area contributed by atoms with Gasteiger partial charge in [-0.3, -0.25) is 4.79 Å². The van der Waals surface area contributed by atoms with E-state index in [-0.39, 0.29) is 24.2 Å². The summed E-state index contributed by atoms with van der Waals surface area (Å²) in [6.45, 7) is 4.63. The van der Waals surface area contributed by atoms with Crippen molar-refractivity contribution < 1.29 is 4.79 Å². The molecule has 3 aromatic rings. The minimum absolute atomic E-state index is 0.156. The third kappa shape index (κ3) is 5.16. The molecule has 1 heterocycles. The summed E-state index contributed by atoms with van der Waals surface area (Å²) in [6.07, 6.45) is 5.50. The van der Waals surface area contributed by atoms with Gasteiger partial charge in [0, 0.05) is 28.7 Å². The summed E-state index contributed by atoms with van der Waals surface area (Å²) in [5.74, 6) is 0. The molecule has 1 saturated carbocycles. The van der Waals surface area contributed by atoms with Gasteiger partial charge in [-0.1, -0.05) is 49.1 Å². The Morgan fingerprint density at radius 3 is 2.47 bits per heavy atom. The number of benzene rings is 2. The van der Waals surface area contributed by atoms with Gasteiger partial charge in [0.2, 0.25) is 0 Å². The van der Waals surface area contributed by atoms with E-state index in [1.54, 1.807) is 4.90 Å². The summed E-state index contributed by atoms with van der Waals surface area (Å²) < 4.78 is 0. The molecule has 4 rings (SSSR count). The first kappa shape index (κ1) is 22.4. The summed E-state index contributed by atoms with van der Waals surface area (Å²) >= 11 is 6.38. The van der Waals surface area contributed by atoms with E-state index >= 15 is 0 Å². The number of halogens is 1. The smallest absolute Gasteiger partial charge is 0.318 e. The van der Waals surface area contributed by atoms with Crippen LogP contribution in [-0.2, 0) is 13.1 Å². The van der Waals surface area contributed by atoms with Crippen LogP contribution in [0, 0.1) is 13.8 Å². The summed E-state index contributed by atoms with van der Waals surface area (Å²) in [5.41, 5.74) is 4.36. The highest BCUT2D eigenvalue weighted by molar-refractivity contribution is 6.31. The largest absolute Gasteiger partial charge is 0.335 e. The number of hydrogen-bond acceptors (Lipinski definition) is 2. The van der Waals surface area contributed by atoms with Gasteiger partial charge in [0.15, 0.2) is 0 Å². The average molecular weight is 452 g/mol. The molecule has 1 fully saturated rings. The first-order chi connectivity index (χ1) is 15.4. The highest BCUT2D eigenvalue weighted by atomic mass is 35.5. The SMILES string of the molecule is Cc1cc2cc(CN(Cc3ccccc3Cl)C(=O)NC3CCCCC3)c(=O)[nH]c2cc1C. The molecule has 2 aromatic carbocycles. The van der Waals surface area contributed by atoms with Crippen molar-refractivity contribution in [2.75, 3.05) is 0 Å². The number of fused-ring (bicyclic) bond motifs is 1. The van der Waals surface area contributed by atoms with Crippen LogP contribution < -0.4 is 10.9 Å². The van der Waals surface area contributed by atoms with Crippen LogP contribution in [0.2, 0.25) is 5.02 Å². The lowest BCUT2D eigenvalue weighted by atomic mass is 9.96. The fraction of sp³-hybridized carbons (Fsp3) is 0.385. The van der Waals surface area contributed by atoms with E-state index in [1.807, 2.05) is 43.3 Å². The number of carbonyl (C=O) groups excluding carboxylic acids is 1. The topological polar surface area (TPSA) is 65.2 Å². The molecule has 0 saturated heterocycles. The first-order valence-corrected chi connectivity index (χ1v) is 11.7. The molecule has 0 atom stereocenters. The van der Waals surface area contributed by atoms with E-state index in [1.165, 1.54) is 12.0 Å². The monoisotopic (exact) mass is 451 g/mol. The Morgan fingerprint density at radius 1 is 1.03 bits per heavy atom. The van der Waals surface area contributed by atoms with Crippen molar-refractivity contribution in [1.29, 1.82) is 0 Å². The number of aromatic nitrogens is 1. The lowest BCUT2D eigenvalue weighted by molar-refractivity contribution is 0.184. The quantitative estimate of drug-likeness (QED) is 0.511.